The van der Waals surface area contributed by atoms with Crippen LogP contribution in [0.2, 0.25) is 0 Å². The lowest BCUT2D eigenvalue weighted by Crippen LogP contribution is -2.30. The molecule has 0 spiro atoms. The zero-order chi connectivity index (χ0) is 26.6. The Morgan fingerprint density at radius 1 is 1.03 bits per heavy atom. The number of nitrogens with one attached hydrogen (secondary N) is 2. The van der Waals surface area contributed by atoms with Crippen molar-refractivity contribution in [2.24, 2.45) is 0 Å². The van der Waals surface area contributed by atoms with Crippen LogP contribution < -0.4 is 10.6 Å². The van der Waals surface area contributed by atoms with E-state index >= 15 is 0 Å². The van der Waals surface area contributed by atoms with E-state index in [-0.39, 0.29) is 29.9 Å². The highest BCUT2D eigenvalue weighted by atomic mass is 19.1. The van der Waals surface area contributed by atoms with Gasteiger partial charge in [0.25, 0.3) is 5.91 Å². The third kappa shape index (κ3) is 5.59. The first-order valence-corrected chi connectivity index (χ1v) is 12.7. The van der Waals surface area contributed by atoms with Crippen LogP contribution in [-0.2, 0) is 6.54 Å². The standard InChI is InChI=1S/C30H29FN4O3/c1-19-9-11-22(12-10-19)29(37)33-24-13-14-28(36)25(16-24)26-17-27(21-6-2-3-7-21)35(34-26)30(38)32-18-20-5-4-8-23(31)15-20/h4-5,8-17,21,36H,2-3,6-7,18H2,1H3,(H,32,38)(H,33,37). The fourth-order valence-corrected chi connectivity index (χ4v) is 4.83. The van der Waals surface area contributed by atoms with Crippen LogP contribution >= 0.6 is 0 Å². The predicted molar refractivity (Wildman–Crippen MR) is 144 cm³/mol. The van der Waals surface area contributed by atoms with Crippen molar-refractivity contribution >= 4 is 17.6 Å². The second-order valence-electron chi connectivity index (χ2n) is 9.69. The number of carbonyl (C=O) groups excluding carboxylic acids is 2. The lowest BCUT2D eigenvalue weighted by Gasteiger charge is -2.12. The first-order chi connectivity index (χ1) is 18.4. The van der Waals surface area contributed by atoms with Crippen molar-refractivity contribution in [2.75, 3.05) is 5.32 Å². The molecule has 1 heterocycles. The molecular formula is C30H29FN4O3. The van der Waals surface area contributed by atoms with Gasteiger partial charge in [-0.3, -0.25) is 4.79 Å². The number of phenols is 1. The minimum Gasteiger partial charge on any atom is -0.507 e. The summed E-state index contributed by atoms with van der Waals surface area (Å²) in [6.07, 6.45) is 4.03. The van der Waals surface area contributed by atoms with Crippen molar-refractivity contribution in [1.29, 1.82) is 0 Å². The third-order valence-electron chi connectivity index (χ3n) is 6.88. The Balaban J connectivity index is 1.41. The predicted octanol–water partition coefficient (Wildman–Crippen LogP) is 6.37. The molecule has 1 fully saturated rings. The fourth-order valence-electron chi connectivity index (χ4n) is 4.83. The van der Waals surface area contributed by atoms with Gasteiger partial charge in [-0.25, -0.2) is 9.18 Å². The molecule has 38 heavy (non-hydrogen) atoms. The first kappa shape index (κ1) is 25.2. The molecule has 7 nitrogen and oxygen atoms in total. The van der Waals surface area contributed by atoms with Crippen LogP contribution in [0.25, 0.3) is 11.3 Å². The lowest BCUT2D eigenvalue weighted by atomic mass is 10.0. The summed E-state index contributed by atoms with van der Waals surface area (Å²) in [7, 11) is 0. The number of aromatic hydroxyl groups is 1. The van der Waals surface area contributed by atoms with Gasteiger partial charge < -0.3 is 15.7 Å². The van der Waals surface area contributed by atoms with Crippen LogP contribution in [0.4, 0.5) is 14.9 Å². The average Bonchev–Trinajstić information content (AvgIpc) is 3.59. The molecule has 2 amide bonds. The van der Waals surface area contributed by atoms with E-state index in [9.17, 15) is 19.1 Å². The monoisotopic (exact) mass is 512 g/mol. The van der Waals surface area contributed by atoms with Crippen molar-refractivity contribution in [1.82, 2.24) is 15.1 Å². The smallest absolute Gasteiger partial charge is 0.342 e. The second-order valence-corrected chi connectivity index (χ2v) is 9.69. The van der Waals surface area contributed by atoms with Crippen LogP contribution in [0.5, 0.6) is 5.75 Å². The van der Waals surface area contributed by atoms with Gasteiger partial charge in [-0.05, 0) is 73.9 Å². The molecule has 0 atom stereocenters. The number of anilines is 1. The minimum atomic E-state index is -0.425. The normalized spacial score (nSPS) is 13.4. The molecule has 1 aliphatic rings. The Morgan fingerprint density at radius 3 is 2.53 bits per heavy atom. The Hall–Kier alpha value is -4.46. The van der Waals surface area contributed by atoms with E-state index in [1.165, 1.54) is 22.9 Å². The molecule has 0 radical (unpaired) electrons. The summed E-state index contributed by atoms with van der Waals surface area (Å²) in [6.45, 7) is 2.11. The molecule has 5 rings (SSSR count). The van der Waals surface area contributed by atoms with Gasteiger partial charge >= 0.3 is 6.03 Å². The van der Waals surface area contributed by atoms with E-state index < -0.39 is 6.03 Å². The molecule has 0 saturated heterocycles. The van der Waals surface area contributed by atoms with Crippen LogP contribution in [0, 0.1) is 12.7 Å². The SMILES string of the molecule is Cc1ccc(C(=O)Nc2ccc(O)c(-c3cc(C4CCCC4)n(C(=O)NCc4cccc(F)c4)n3)c2)cc1. The highest BCUT2D eigenvalue weighted by molar-refractivity contribution is 6.04. The summed E-state index contributed by atoms with van der Waals surface area (Å²) in [5.74, 6) is -0.478. The van der Waals surface area contributed by atoms with Gasteiger partial charge in [0.15, 0.2) is 0 Å². The van der Waals surface area contributed by atoms with Crippen LogP contribution in [0.15, 0.2) is 72.8 Å². The van der Waals surface area contributed by atoms with Crippen LogP contribution in [-0.4, -0.2) is 26.8 Å². The lowest BCUT2D eigenvalue weighted by molar-refractivity contribution is 0.102. The minimum absolute atomic E-state index is 0.0128. The Bertz CT molecular complexity index is 1470. The molecule has 1 aliphatic carbocycles. The quantitative estimate of drug-likeness (QED) is 0.262. The molecule has 3 aromatic carbocycles. The Labute approximate surface area is 220 Å². The zero-order valence-corrected chi connectivity index (χ0v) is 21.1. The molecule has 8 heteroatoms. The van der Waals surface area contributed by atoms with Crippen LogP contribution in [0.3, 0.4) is 0 Å². The average molecular weight is 513 g/mol. The number of aryl methyl sites for hydroxylation is 1. The summed E-state index contributed by atoms with van der Waals surface area (Å²) in [5.41, 5.74) is 4.32. The van der Waals surface area contributed by atoms with Crippen LogP contribution in [0.1, 0.15) is 58.8 Å². The summed E-state index contributed by atoms with van der Waals surface area (Å²) in [4.78, 5) is 25.9. The van der Waals surface area contributed by atoms with E-state index in [0.717, 1.165) is 36.9 Å². The highest BCUT2D eigenvalue weighted by Gasteiger charge is 2.26. The van der Waals surface area contributed by atoms with E-state index in [1.54, 1.807) is 36.4 Å². The van der Waals surface area contributed by atoms with Gasteiger partial charge in [-0.15, -0.1) is 0 Å². The number of nitrogens with zero attached hydrogens (tertiary/aromatic N) is 2. The highest BCUT2D eigenvalue weighted by Crippen LogP contribution is 2.38. The number of hydrogen-bond donors (Lipinski definition) is 3. The van der Waals surface area contributed by atoms with E-state index in [2.05, 4.69) is 15.7 Å². The molecule has 0 unspecified atom stereocenters. The second kappa shape index (κ2) is 10.9. The number of phenolic OH excluding ortho intramolecular Hbond substituents is 1. The maximum Gasteiger partial charge on any atom is 0.342 e. The summed E-state index contributed by atoms with van der Waals surface area (Å²) in [6, 6.07) is 19.5. The Kier molecular flexibility index (Phi) is 7.22. The Morgan fingerprint density at radius 2 is 1.79 bits per heavy atom. The van der Waals surface area contributed by atoms with Gasteiger partial charge in [0, 0.05) is 29.3 Å². The molecule has 0 aliphatic heterocycles. The summed E-state index contributed by atoms with van der Waals surface area (Å²) >= 11 is 0. The topological polar surface area (TPSA) is 96.2 Å². The number of hydrogen-bond acceptors (Lipinski definition) is 4. The first-order valence-electron chi connectivity index (χ1n) is 12.7. The van der Waals surface area contributed by atoms with Crippen molar-refractivity contribution in [3.63, 3.8) is 0 Å². The molecule has 3 N–H and O–H groups in total. The number of benzene rings is 3. The fraction of sp³-hybridized carbons (Fsp3) is 0.233. The van der Waals surface area contributed by atoms with Crippen molar-refractivity contribution in [3.8, 4) is 17.0 Å². The molecule has 4 aromatic rings. The van der Waals surface area contributed by atoms with Gasteiger partial charge in [0.2, 0.25) is 0 Å². The molecule has 0 bridgehead atoms. The number of halogens is 1. The van der Waals surface area contributed by atoms with Crippen molar-refractivity contribution < 1.29 is 19.1 Å². The van der Waals surface area contributed by atoms with Crippen molar-refractivity contribution in [2.45, 2.75) is 45.1 Å². The number of carbonyl (C=O) groups is 2. The van der Waals surface area contributed by atoms with E-state index in [1.807, 2.05) is 25.1 Å². The maximum absolute atomic E-state index is 13.6. The summed E-state index contributed by atoms with van der Waals surface area (Å²) in [5, 5.41) is 20.9. The van der Waals surface area contributed by atoms with Crippen molar-refractivity contribution in [3.05, 3.63) is 101 Å². The van der Waals surface area contributed by atoms with Gasteiger partial charge in [-0.2, -0.15) is 9.78 Å². The van der Waals surface area contributed by atoms with E-state index in [4.69, 9.17) is 0 Å². The van der Waals surface area contributed by atoms with Gasteiger partial charge in [0.05, 0.1) is 11.4 Å². The van der Waals surface area contributed by atoms with Gasteiger partial charge in [-0.1, -0.05) is 42.7 Å². The van der Waals surface area contributed by atoms with E-state index in [0.29, 0.717) is 28.1 Å². The largest absolute Gasteiger partial charge is 0.507 e. The molecular weight excluding hydrogens is 483 g/mol. The van der Waals surface area contributed by atoms with Gasteiger partial charge in [0.1, 0.15) is 11.6 Å². The molecule has 1 saturated carbocycles. The maximum atomic E-state index is 13.6. The zero-order valence-electron chi connectivity index (χ0n) is 21.1. The number of aromatic nitrogens is 2. The third-order valence-corrected chi connectivity index (χ3v) is 6.88. The molecule has 1 aromatic heterocycles. The number of rotatable bonds is 6. The molecule has 194 valence electrons. The summed E-state index contributed by atoms with van der Waals surface area (Å²) < 4.78 is 14.9. The number of amides is 2.